The molecular formula is C23H24FN2O3+. The first-order chi connectivity index (χ1) is 14.1. The predicted molar refractivity (Wildman–Crippen MR) is 109 cm³/mol. The van der Waals surface area contributed by atoms with Crippen LogP contribution in [0.2, 0.25) is 0 Å². The van der Waals surface area contributed by atoms with Crippen molar-refractivity contribution in [3.63, 3.8) is 0 Å². The van der Waals surface area contributed by atoms with E-state index in [2.05, 4.69) is 13.8 Å². The molecule has 1 aromatic heterocycles. The van der Waals surface area contributed by atoms with E-state index in [4.69, 9.17) is 4.42 Å². The van der Waals surface area contributed by atoms with Crippen LogP contribution in [0.25, 0.3) is 11.0 Å². The Hall–Kier alpha value is -2.99. The van der Waals surface area contributed by atoms with Gasteiger partial charge in [-0.25, -0.2) is 4.39 Å². The van der Waals surface area contributed by atoms with Crippen LogP contribution in [0.4, 0.5) is 4.39 Å². The lowest BCUT2D eigenvalue weighted by Gasteiger charge is -2.27. The van der Waals surface area contributed by atoms with Crippen LogP contribution in [-0.2, 0) is 0 Å². The maximum absolute atomic E-state index is 14.7. The predicted octanol–water partition coefficient (Wildman–Crippen LogP) is 2.40. The molecule has 1 atom stereocenters. The molecule has 0 saturated carbocycles. The van der Waals surface area contributed by atoms with Gasteiger partial charge in [0, 0.05) is 5.56 Å². The monoisotopic (exact) mass is 395 g/mol. The number of amides is 1. The molecule has 6 heteroatoms. The number of benzene rings is 2. The Morgan fingerprint density at radius 1 is 1.03 bits per heavy atom. The van der Waals surface area contributed by atoms with Crippen molar-refractivity contribution in [2.75, 3.05) is 26.2 Å². The number of carbonyl (C=O) groups excluding carboxylic acids is 1. The van der Waals surface area contributed by atoms with Gasteiger partial charge in [-0.1, -0.05) is 30.3 Å². The second kappa shape index (κ2) is 7.79. The van der Waals surface area contributed by atoms with Gasteiger partial charge in [0.15, 0.2) is 5.43 Å². The fraction of sp³-hybridized carbons (Fsp3) is 0.304. The molecule has 2 heterocycles. The summed E-state index contributed by atoms with van der Waals surface area (Å²) in [6, 6.07) is 12.4. The van der Waals surface area contributed by atoms with Gasteiger partial charge in [-0.15, -0.1) is 0 Å². The summed E-state index contributed by atoms with van der Waals surface area (Å²) in [6.07, 6.45) is 0. The summed E-state index contributed by atoms with van der Waals surface area (Å²) in [5.41, 5.74) is 0.638. The number of carbonyl (C=O) groups is 1. The molecule has 0 radical (unpaired) electrons. The van der Waals surface area contributed by atoms with E-state index in [0.29, 0.717) is 29.6 Å². The van der Waals surface area contributed by atoms with Crippen LogP contribution in [0.3, 0.4) is 0 Å². The minimum absolute atomic E-state index is 0.0245. The molecule has 4 rings (SSSR count). The van der Waals surface area contributed by atoms with Crippen LogP contribution in [0.15, 0.2) is 57.7 Å². The van der Waals surface area contributed by atoms with Gasteiger partial charge in [-0.05, 0) is 32.0 Å². The van der Waals surface area contributed by atoms with Gasteiger partial charge in [-0.2, -0.15) is 0 Å². The third-order valence-electron chi connectivity index (χ3n) is 5.78. The number of para-hydroxylation sites is 1. The van der Waals surface area contributed by atoms with E-state index < -0.39 is 11.9 Å². The highest BCUT2D eigenvalue weighted by atomic mass is 19.1. The van der Waals surface area contributed by atoms with Crippen LogP contribution in [0.5, 0.6) is 0 Å². The molecule has 5 nitrogen and oxygen atoms in total. The zero-order valence-electron chi connectivity index (χ0n) is 16.6. The highest BCUT2D eigenvalue weighted by Gasteiger charge is 2.43. The second-order valence-corrected chi connectivity index (χ2v) is 7.30. The number of likely N-dealkylation sites (N-methyl/N-ethyl adjacent to an activating group) is 1. The van der Waals surface area contributed by atoms with E-state index in [0.717, 1.165) is 13.1 Å². The van der Waals surface area contributed by atoms with Crippen molar-refractivity contribution in [1.29, 1.82) is 0 Å². The highest BCUT2D eigenvalue weighted by Crippen LogP contribution is 2.38. The summed E-state index contributed by atoms with van der Waals surface area (Å²) in [5, 5.41) is 0.400. The van der Waals surface area contributed by atoms with E-state index >= 15 is 0 Å². The first-order valence-corrected chi connectivity index (χ1v) is 10.0. The standard InChI is InChI=1S/C23H23FN2O3/c1-3-25(4-2)13-14-26-20(15-9-5-7-11-17(15)24)19-21(27)16-10-6-8-12-18(16)29-22(19)23(26)28/h5-12,20H,3-4,13-14H2,1-2H3/p+1/t20-/m0/s1. The molecule has 0 aliphatic carbocycles. The number of hydrogen-bond donors (Lipinski definition) is 1. The van der Waals surface area contributed by atoms with Crippen molar-refractivity contribution < 1.29 is 18.5 Å². The summed E-state index contributed by atoms with van der Waals surface area (Å²) in [6.45, 7) is 7.16. The second-order valence-electron chi connectivity index (χ2n) is 7.30. The quantitative estimate of drug-likeness (QED) is 0.697. The number of hydrogen-bond acceptors (Lipinski definition) is 3. The molecule has 0 bridgehead atoms. The van der Waals surface area contributed by atoms with Crippen LogP contribution < -0.4 is 10.3 Å². The van der Waals surface area contributed by atoms with E-state index in [1.54, 1.807) is 47.4 Å². The smallest absolute Gasteiger partial charge is 0.291 e. The van der Waals surface area contributed by atoms with Gasteiger partial charge in [-0.3, -0.25) is 9.59 Å². The molecule has 2 aromatic carbocycles. The molecule has 150 valence electrons. The maximum Gasteiger partial charge on any atom is 0.291 e. The average molecular weight is 395 g/mol. The number of quaternary nitrogens is 1. The molecule has 0 saturated heterocycles. The molecular weight excluding hydrogens is 371 g/mol. The van der Waals surface area contributed by atoms with Gasteiger partial charge < -0.3 is 14.2 Å². The molecule has 1 amide bonds. The van der Waals surface area contributed by atoms with E-state index in [9.17, 15) is 14.0 Å². The number of halogens is 1. The molecule has 0 spiro atoms. The Balaban J connectivity index is 1.88. The van der Waals surface area contributed by atoms with Gasteiger partial charge in [0.1, 0.15) is 11.4 Å². The summed E-state index contributed by atoms with van der Waals surface area (Å²) < 4.78 is 20.6. The fourth-order valence-electron chi connectivity index (χ4n) is 4.10. The van der Waals surface area contributed by atoms with Crippen molar-refractivity contribution in [2.24, 2.45) is 0 Å². The Morgan fingerprint density at radius 3 is 2.45 bits per heavy atom. The number of nitrogens with zero attached hydrogens (tertiary/aromatic N) is 1. The minimum Gasteiger partial charge on any atom is -0.450 e. The Bertz CT molecular complexity index is 1120. The van der Waals surface area contributed by atoms with Gasteiger partial charge in [0.05, 0.1) is 43.2 Å². The van der Waals surface area contributed by atoms with Crippen LogP contribution in [-0.4, -0.2) is 37.0 Å². The van der Waals surface area contributed by atoms with E-state index in [1.807, 2.05) is 0 Å². The Kier molecular flexibility index (Phi) is 5.20. The van der Waals surface area contributed by atoms with Crippen LogP contribution in [0.1, 0.15) is 41.6 Å². The number of fused-ring (bicyclic) bond motifs is 2. The van der Waals surface area contributed by atoms with Gasteiger partial charge in [0.25, 0.3) is 5.91 Å². The molecule has 0 fully saturated rings. The Labute approximate surface area is 168 Å². The minimum atomic E-state index is -0.783. The van der Waals surface area contributed by atoms with Crippen LogP contribution >= 0.6 is 0 Å². The zero-order valence-corrected chi connectivity index (χ0v) is 16.6. The molecule has 29 heavy (non-hydrogen) atoms. The lowest BCUT2D eigenvalue weighted by molar-refractivity contribution is -0.895. The highest BCUT2D eigenvalue weighted by molar-refractivity contribution is 5.99. The largest absolute Gasteiger partial charge is 0.450 e. The van der Waals surface area contributed by atoms with Crippen molar-refractivity contribution in [2.45, 2.75) is 19.9 Å². The number of rotatable bonds is 6. The van der Waals surface area contributed by atoms with Crippen LogP contribution in [0, 0.1) is 5.82 Å². The SMILES string of the molecule is CC[NH+](CC)CCN1C(=O)c2oc3ccccc3c(=O)c2[C@@H]1c1ccccc1F. The average Bonchev–Trinajstić information content (AvgIpc) is 3.01. The summed E-state index contributed by atoms with van der Waals surface area (Å²) in [4.78, 5) is 29.4. The normalized spacial score (nSPS) is 16.1. The Morgan fingerprint density at radius 2 is 1.72 bits per heavy atom. The lowest BCUT2D eigenvalue weighted by Crippen LogP contribution is -3.12. The fourth-order valence-corrected chi connectivity index (χ4v) is 4.10. The van der Waals surface area contributed by atoms with Crippen molar-refractivity contribution in [3.05, 3.63) is 81.5 Å². The third kappa shape index (κ3) is 3.23. The third-order valence-corrected chi connectivity index (χ3v) is 5.78. The molecule has 1 N–H and O–H groups in total. The maximum atomic E-state index is 14.7. The molecule has 3 aromatic rings. The van der Waals surface area contributed by atoms with E-state index in [-0.39, 0.29) is 22.7 Å². The first-order valence-electron chi connectivity index (χ1n) is 10.0. The van der Waals surface area contributed by atoms with Crippen molar-refractivity contribution >= 4 is 16.9 Å². The van der Waals surface area contributed by atoms with Crippen molar-refractivity contribution in [3.8, 4) is 0 Å². The summed E-state index contributed by atoms with van der Waals surface area (Å²) >= 11 is 0. The molecule has 1 aliphatic rings. The van der Waals surface area contributed by atoms with E-state index in [1.165, 1.54) is 11.0 Å². The summed E-state index contributed by atoms with van der Waals surface area (Å²) in [5.74, 6) is -0.773. The molecule has 1 aliphatic heterocycles. The topological polar surface area (TPSA) is 55.0 Å². The first kappa shape index (κ1) is 19.3. The van der Waals surface area contributed by atoms with Gasteiger partial charge in [0.2, 0.25) is 5.76 Å². The van der Waals surface area contributed by atoms with Crippen molar-refractivity contribution in [1.82, 2.24) is 4.90 Å². The molecule has 0 unspecified atom stereocenters. The number of nitrogens with one attached hydrogen (secondary N) is 1. The zero-order chi connectivity index (χ0) is 20.5. The lowest BCUT2D eigenvalue weighted by atomic mass is 9.98. The summed E-state index contributed by atoms with van der Waals surface area (Å²) in [7, 11) is 0. The van der Waals surface area contributed by atoms with Gasteiger partial charge >= 0.3 is 0 Å².